The lowest BCUT2D eigenvalue weighted by atomic mass is 10.1. The summed E-state index contributed by atoms with van der Waals surface area (Å²) in [4.78, 5) is 24.7. The summed E-state index contributed by atoms with van der Waals surface area (Å²) in [6, 6.07) is 11.6. The smallest absolute Gasteiger partial charge is 0.349 e. The summed E-state index contributed by atoms with van der Waals surface area (Å²) in [7, 11) is 0. The summed E-state index contributed by atoms with van der Waals surface area (Å²) in [6.07, 6.45) is 0.756. The highest BCUT2D eigenvalue weighted by Crippen LogP contribution is 2.37. The molecule has 1 aromatic heterocycles. The van der Waals surface area contributed by atoms with Crippen LogP contribution in [0.4, 0.5) is 5.69 Å². The number of rotatable bonds is 2. The van der Waals surface area contributed by atoms with Crippen LogP contribution in [0.2, 0.25) is 5.02 Å². The van der Waals surface area contributed by atoms with Gasteiger partial charge in [0, 0.05) is 23.9 Å². The van der Waals surface area contributed by atoms with Crippen molar-refractivity contribution in [1.82, 2.24) is 0 Å². The van der Waals surface area contributed by atoms with Crippen LogP contribution in [0.15, 0.2) is 51.7 Å². The molecule has 3 aromatic rings. The summed E-state index contributed by atoms with van der Waals surface area (Å²) in [6.45, 7) is 1.05. The molecule has 1 aliphatic heterocycles. The van der Waals surface area contributed by atoms with Crippen LogP contribution in [0.1, 0.15) is 16.8 Å². The lowest BCUT2D eigenvalue weighted by Crippen LogP contribution is -2.20. The number of carbonyl (C=O) groups excluding carboxylic acids is 1. The van der Waals surface area contributed by atoms with Gasteiger partial charge in [-0.25, -0.2) is 4.79 Å². The molecule has 1 aliphatic rings. The van der Waals surface area contributed by atoms with Crippen LogP contribution in [0.25, 0.3) is 11.0 Å². The van der Waals surface area contributed by atoms with Crippen LogP contribution in [0, 0.1) is 0 Å². The molecule has 26 heavy (non-hydrogen) atoms. The summed E-state index contributed by atoms with van der Waals surface area (Å²) in [5.41, 5.74) is -0.0744. The number of fused-ring (bicyclic) bond motifs is 2. The third kappa shape index (κ3) is 3.11. The molecule has 2 aromatic carbocycles. The van der Waals surface area contributed by atoms with Gasteiger partial charge in [0.05, 0.1) is 23.9 Å². The zero-order chi connectivity index (χ0) is 18.1. The summed E-state index contributed by atoms with van der Waals surface area (Å²) in [5, 5.41) is 3.58. The van der Waals surface area contributed by atoms with E-state index in [-0.39, 0.29) is 10.6 Å². The van der Waals surface area contributed by atoms with Gasteiger partial charge in [0.1, 0.15) is 11.1 Å². The number of carbonyl (C=O) groups is 1. The van der Waals surface area contributed by atoms with Crippen LogP contribution in [-0.2, 0) is 0 Å². The van der Waals surface area contributed by atoms with E-state index in [1.54, 1.807) is 36.4 Å². The Morgan fingerprint density at radius 3 is 2.58 bits per heavy atom. The van der Waals surface area contributed by atoms with Crippen LogP contribution >= 0.6 is 11.6 Å². The fraction of sp³-hybridized carbons (Fsp3) is 0.158. The van der Waals surface area contributed by atoms with Crippen LogP contribution in [0.3, 0.4) is 0 Å². The van der Waals surface area contributed by atoms with Gasteiger partial charge in [0.15, 0.2) is 11.5 Å². The fourth-order valence-corrected chi connectivity index (χ4v) is 2.89. The molecule has 1 N–H and O–H groups in total. The van der Waals surface area contributed by atoms with E-state index in [0.717, 1.165) is 6.42 Å². The predicted molar refractivity (Wildman–Crippen MR) is 97.5 cm³/mol. The number of hydrogen-bond donors (Lipinski definition) is 1. The molecule has 1 amide bonds. The lowest BCUT2D eigenvalue weighted by molar-refractivity contribution is 0.102. The summed E-state index contributed by atoms with van der Waals surface area (Å²) in [5.74, 6) is 0.407. The third-order valence-corrected chi connectivity index (χ3v) is 4.28. The highest BCUT2D eigenvalue weighted by Gasteiger charge is 2.18. The quantitative estimate of drug-likeness (QED) is 0.692. The minimum Gasteiger partial charge on any atom is -0.490 e. The molecular formula is C19H14ClNO5. The van der Waals surface area contributed by atoms with Crippen molar-refractivity contribution < 1.29 is 18.7 Å². The summed E-state index contributed by atoms with van der Waals surface area (Å²) >= 11 is 6.23. The predicted octanol–water partition coefficient (Wildman–Crippen LogP) is 3.86. The molecule has 0 radical (unpaired) electrons. The number of para-hydroxylation sites is 1. The second kappa shape index (κ2) is 6.72. The van der Waals surface area contributed by atoms with Gasteiger partial charge in [-0.3, -0.25) is 4.79 Å². The number of anilines is 1. The molecule has 132 valence electrons. The Labute approximate surface area is 153 Å². The van der Waals surface area contributed by atoms with Crippen LogP contribution < -0.4 is 20.4 Å². The molecule has 4 rings (SSSR count). The molecule has 0 atom stereocenters. The number of hydrogen-bond acceptors (Lipinski definition) is 5. The zero-order valence-corrected chi connectivity index (χ0v) is 14.3. The Kier molecular flexibility index (Phi) is 4.26. The van der Waals surface area contributed by atoms with E-state index in [1.165, 1.54) is 6.07 Å². The first-order valence-electron chi connectivity index (χ1n) is 8.05. The second-order valence-electron chi connectivity index (χ2n) is 5.77. The molecule has 0 unspecified atom stereocenters. The monoisotopic (exact) mass is 371 g/mol. The third-order valence-electron chi connectivity index (χ3n) is 3.97. The van der Waals surface area contributed by atoms with Crippen molar-refractivity contribution >= 4 is 34.2 Å². The largest absolute Gasteiger partial charge is 0.490 e. The van der Waals surface area contributed by atoms with Gasteiger partial charge in [-0.1, -0.05) is 29.8 Å². The molecule has 6 nitrogen and oxygen atoms in total. The van der Waals surface area contributed by atoms with Crippen LogP contribution in [-0.4, -0.2) is 19.1 Å². The molecule has 0 saturated heterocycles. The molecule has 0 saturated carbocycles. The van der Waals surface area contributed by atoms with E-state index in [0.29, 0.717) is 41.4 Å². The molecule has 0 bridgehead atoms. The van der Waals surface area contributed by atoms with E-state index < -0.39 is 11.5 Å². The van der Waals surface area contributed by atoms with E-state index >= 15 is 0 Å². The Hall–Kier alpha value is -2.99. The van der Waals surface area contributed by atoms with Gasteiger partial charge < -0.3 is 19.2 Å². The second-order valence-corrected chi connectivity index (χ2v) is 6.18. The van der Waals surface area contributed by atoms with E-state index in [9.17, 15) is 9.59 Å². The standard InChI is InChI=1S/C19H14ClNO5/c20-13-9-16-17(25-7-3-6-24-16)10-14(13)21-18(22)12-8-11-4-1-2-5-15(11)26-19(12)23/h1-2,4-5,8-10H,3,6-7H2,(H,21,22). The first kappa shape index (κ1) is 16.5. The molecule has 7 heteroatoms. The highest BCUT2D eigenvalue weighted by atomic mass is 35.5. The highest BCUT2D eigenvalue weighted by molar-refractivity contribution is 6.34. The van der Waals surface area contributed by atoms with Crippen molar-refractivity contribution in [1.29, 1.82) is 0 Å². The Morgan fingerprint density at radius 1 is 1.04 bits per heavy atom. The van der Waals surface area contributed by atoms with Crippen molar-refractivity contribution in [3.05, 3.63) is 63.5 Å². The zero-order valence-electron chi connectivity index (χ0n) is 13.6. The van der Waals surface area contributed by atoms with Gasteiger partial charge in [0.25, 0.3) is 5.91 Å². The van der Waals surface area contributed by atoms with Gasteiger partial charge in [-0.15, -0.1) is 0 Å². The van der Waals surface area contributed by atoms with Crippen molar-refractivity contribution in [3.63, 3.8) is 0 Å². The first-order chi connectivity index (χ1) is 12.6. The molecule has 0 fully saturated rings. The Morgan fingerprint density at radius 2 is 1.77 bits per heavy atom. The Balaban J connectivity index is 1.67. The first-order valence-corrected chi connectivity index (χ1v) is 8.43. The van der Waals surface area contributed by atoms with Crippen molar-refractivity contribution in [2.45, 2.75) is 6.42 Å². The molecule has 0 aliphatic carbocycles. The maximum Gasteiger partial charge on any atom is 0.349 e. The molecular weight excluding hydrogens is 358 g/mol. The Bertz CT molecular complexity index is 1060. The molecule has 0 spiro atoms. The fourth-order valence-electron chi connectivity index (χ4n) is 2.69. The maximum atomic E-state index is 12.6. The van der Waals surface area contributed by atoms with E-state index in [2.05, 4.69) is 5.32 Å². The number of amides is 1. The topological polar surface area (TPSA) is 77.8 Å². The number of halogens is 1. The van der Waals surface area contributed by atoms with Crippen molar-refractivity contribution in [3.8, 4) is 11.5 Å². The van der Waals surface area contributed by atoms with Gasteiger partial charge >= 0.3 is 5.63 Å². The number of nitrogens with one attached hydrogen (secondary N) is 1. The van der Waals surface area contributed by atoms with E-state index in [4.69, 9.17) is 25.5 Å². The molecule has 2 heterocycles. The average Bonchev–Trinajstić information content (AvgIpc) is 2.86. The van der Waals surface area contributed by atoms with Gasteiger partial charge in [0.2, 0.25) is 0 Å². The van der Waals surface area contributed by atoms with Gasteiger partial charge in [-0.2, -0.15) is 0 Å². The maximum absolute atomic E-state index is 12.6. The number of benzene rings is 2. The average molecular weight is 372 g/mol. The summed E-state index contributed by atoms with van der Waals surface area (Å²) < 4.78 is 16.3. The van der Waals surface area contributed by atoms with Crippen molar-refractivity contribution in [2.75, 3.05) is 18.5 Å². The van der Waals surface area contributed by atoms with Crippen LogP contribution in [0.5, 0.6) is 11.5 Å². The minimum absolute atomic E-state index is 0.105. The lowest BCUT2D eigenvalue weighted by Gasteiger charge is -2.12. The SMILES string of the molecule is O=C(Nc1cc2c(cc1Cl)OCCCO2)c1cc2ccccc2oc1=O. The number of ether oxygens (including phenoxy) is 2. The van der Waals surface area contributed by atoms with Crippen molar-refractivity contribution in [2.24, 2.45) is 0 Å². The van der Waals surface area contributed by atoms with E-state index in [1.807, 2.05) is 0 Å². The van der Waals surface area contributed by atoms with Gasteiger partial charge in [-0.05, 0) is 12.1 Å². The normalized spacial score (nSPS) is 13.3. The minimum atomic E-state index is -0.716.